The van der Waals surface area contributed by atoms with Gasteiger partial charge in [0.05, 0.1) is 18.1 Å². The maximum absolute atomic E-state index is 11.7. The summed E-state index contributed by atoms with van der Waals surface area (Å²) in [7, 11) is 0. The minimum absolute atomic E-state index is 0.274. The molecule has 1 aliphatic rings. The van der Waals surface area contributed by atoms with Crippen LogP contribution >= 0.6 is 0 Å². The first kappa shape index (κ1) is 13.1. The topological polar surface area (TPSA) is 46.5 Å². The number of rotatable bonds is 4. The maximum Gasteiger partial charge on any atom is 0.314 e. The molecule has 0 aromatic heterocycles. The number of ether oxygens (including phenoxy) is 1. The van der Waals surface area contributed by atoms with Crippen molar-refractivity contribution in [3.63, 3.8) is 0 Å². The van der Waals surface area contributed by atoms with Crippen LogP contribution in [0.2, 0.25) is 0 Å². The van der Waals surface area contributed by atoms with Crippen molar-refractivity contribution in [2.45, 2.75) is 39.2 Å². The van der Waals surface area contributed by atoms with E-state index in [0.717, 1.165) is 12.0 Å². The van der Waals surface area contributed by atoms with Crippen molar-refractivity contribution in [2.24, 2.45) is 5.41 Å². The van der Waals surface area contributed by atoms with Gasteiger partial charge in [-0.05, 0) is 37.3 Å². The Morgan fingerprint density at radius 1 is 1.39 bits per heavy atom. The zero-order valence-corrected chi connectivity index (χ0v) is 11.0. The third-order valence-corrected chi connectivity index (χ3v) is 3.97. The summed E-state index contributed by atoms with van der Waals surface area (Å²) in [6.07, 6.45) is 1.36. The van der Waals surface area contributed by atoms with E-state index in [1.165, 1.54) is 5.56 Å². The fourth-order valence-corrected chi connectivity index (χ4v) is 2.46. The molecular formula is C15H20O3. The van der Waals surface area contributed by atoms with Crippen molar-refractivity contribution >= 4 is 5.97 Å². The van der Waals surface area contributed by atoms with E-state index in [1.54, 1.807) is 6.92 Å². The molecule has 1 fully saturated rings. The minimum atomic E-state index is -0.749. The SMILES string of the molecule is CCc1ccccc1CC(O)C1(C)CCOC1=O. The van der Waals surface area contributed by atoms with Gasteiger partial charge in [0.25, 0.3) is 0 Å². The molecule has 2 rings (SSSR count). The number of cyclic esters (lactones) is 1. The Bertz CT molecular complexity index is 441. The first-order valence-corrected chi connectivity index (χ1v) is 6.50. The lowest BCUT2D eigenvalue weighted by Gasteiger charge is -2.26. The van der Waals surface area contributed by atoms with E-state index in [-0.39, 0.29) is 5.97 Å². The molecule has 1 heterocycles. The Labute approximate surface area is 108 Å². The molecule has 1 aromatic carbocycles. The fraction of sp³-hybridized carbons (Fsp3) is 0.533. The summed E-state index contributed by atoms with van der Waals surface area (Å²) in [4.78, 5) is 11.7. The number of carbonyl (C=O) groups excluding carboxylic acids is 1. The van der Waals surface area contributed by atoms with Crippen LogP contribution in [-0.2, 0) is 22.4 Å². The molecule has 98 valence electrons. The summed E-state index contributed by atoms with van der Waals surface area (Å²) >= 11 is 0. The zero-order chi connectivity index (χ0) is 13.2. The summed E-state index contributed by atoms with van der Waals surface area (Å²) in [5.74, 6) is -0.274. The van der Waals surface area contributed by atoms with Crippen LogP contribution in [0.5, 0.6) is 0 Å². The highest BCUT2D eigenvalue weighted by molar-refractivity contribution is 5.78. The lowest BCUT2D eigenvalue weighted by molar-refractivity contribution is -0.150. The lowest BCUT2D eigenvalue weighted by atomic mass is 9.79. The van der Waals surface area contributed by atoms with Crippen LogP contribution in [-0.4, -0.2) is 23.8 Å². The van der Waals surface area contributed by atoms with Crippen molar-refractivity contribution in [1.29, 1.82) is 0 Å². The van der Waals surface area contributed by atoms with Gasteiger partial charge in [-0.1, -0.05) is 31.2 Å². The van der Waals surface area contributed by atoms with Crippen molar-refractivity contribution in [2.75, 3.05) is 6.61 Å². The normalized spacial score (nSPS) is 24.9. The Hall–Kier alpha value is -1.35. The summed E-state index contributed by atoms with van der Waals surface area (Å²) in [5, 5.41) is 10.4. The van der Waals surface area contributed by atoms with Gasteiger partial charge in [0, 0.05) is 0 Å². The molecule has 1 aliphatic heterocycles. The van der Waals surface area contributed by atoms with Crippen molar-refractivity contribution < 1.29 is 14.6 Å². The molecule has 3 nitrogen and oxygen atoms in total. The molecule has 3 heteroatoms. The third-order valence-electron chi connectivity index (χ3n) is 3.97. The molecule has 0 radical (unpaired) electrons. The second kappa shape index (κ2) is 5.11. The summed E-state index contributed by atoms with van der Waals surface area (Å²) in [6.45, 7) is 4.31. The van der Waals surface area contributed by atoms with E-state index in [4.69, 9.17) is 4.74 Å². The van der Waals surface area contributed by atoms with E-state index < -0.39 is 11.5 Å². The smallest absolute Gasteiger partial charge is 0.314 e. The predicted octanol–water partition coefficient (Wildman–Crippen LogP) is 2.11. The highest BCUT2D eigenvalue weighted by atomic mass is 16.5. The molecule has 1 aromatic rings. The summed E-state index contributed by atoms with van der Waals surface area (Å²) in [5.41, 5.74) is 1.60. The highest BCUT2D eigenvalue weighted by Gasteiger charge is 2.46. The molecule has 0 aliphatic carbocycles. The Morgan fingerprint density at radius 3 is 2.61 bits per heavy atom. The number of carbonyl (C=O) groups is 1. The maximum atomic E-state index is 11.7. The van der Waals surface area contributed by atoms with Gasteiger partial charge in [0.2, 0.25) is 0 Å². The van der Waals surface area contributed by atoms with Crippen molar-refractivity contribution in [3.8, 4) is 0 Å². The number of esters is 1. The monoisotopic (exact) mass is 248 g/mol. The van der Waals surface area contributed by atoms with E-state index >= 15 is 0 Å². The zero-order valence-electron chi connectivity index (χ0n) is 11.0. The molecule has 0 amide bonds. The predicted molar refractivity (Wildman–Crippen MR) is 69.2 cm³/mol. The fourth-order valence-electron chi connectivity index (χ4n) is 2.46. The second-order valence-electron chi connectivity index (χ2n) is 5.15. The quantitative estimate of drug-likeness (QED) is 0.830. The van der Waals surface area contributed by atoms with E-state index in [9.17, 15) is 9.90 Å². The minimum Gasteiger partial charge on any atom is -0.465 e. The van der Waals surface area contributed by atoms with Gasteiger partial charge < -0.3 is 9.84 Å². The van der Waals surface area contributed by atoms with Gasteiger partial charge in [-0.3, -0.25) is 4.79 Å². The van der Waals surface area contributed by atoms with E-state index in [2.05, 4.69) is 13.0 Å². The number of aliphatic hydroxyl groups is 1. The highest BCUT2D eigenvalue weighted by Crippen LogP contribution is 2.35. The summed E-state index contributed by atoms with van der Waals surface area (Å²) in [6, 6.07) is 8.06. The van der Waals surface area contributed by atoms with Crippen LogP contribution in [0.1, 0.15) is 31.4 Å². The number of hydrogen-bond acceptors (Lipinski definition) is 3. The van der Waals surface area contributed by atoms with Crippen molar-refractivity contribution in [3.05, 3.63) is 35.4 Å². The van der Waals surface area contributed by atoms with Gasteiger partial charge in [-0.15, -0.1) is 0 Å². The van der Waals surface area contributed by atoms with Crippen LogP contribution < -0.4 is 0 Å². The van der Waals surface area contributed by atoms with Gasteiger partial charge in [-0.2, -0.15) is 0 Å². The number of benzene rings is 1. The Kier molecular flexibility index (Phi) is 3.71. The largest absolute Gasteiger partial charge is 0.465 e. The first-order chi connectivity index (χ1) is 8.58. The van der Waals surface area contributed by atoms with Gasteiger partial charge in [-0.25, -0.2) is 0 Å². The van der Waals surface area contributed by atoms with Crippen LogP contribution in [0.4, 0.5) is 0 Å². The third kappa shape index (κ3) is 2.27. The van der Waals surface area contributed by atoms with Gasteiger partial charge >= 0.3 is 5.97 Å². The number of aryl methyl sites for hydroxylation is 1. The molecule has 0 bridgehead atoms. The average molecular weight is 248 g/mol. The Balaban J connectivity index is 2.16. The molecule has 0 spiro atoms. The van der Waals surface area contributed by atoms with Gasteiger partial charge in [0.1, 0.15) is 0 Å². The van der Waals surface area contributed by atoms with Gasteiger partial charge in [0.15, 0.2) is 0 Å². The number of aliphatic hydroxyl groups excluding tert-OH is 1. The van der Waals surface area contributed by atoms with Crippen LogP contribution in [0, 0.1) is 5.41 Å². The number of hydrogen-bond donors (Lipinski definition) is 1. The lowest BCUT2D eigenvalue weighted by Crippen LogP contribution is -2.38. The second-order valence-corrected chi connectivity index (χ2v) is 5.15. The molecular weight excluding hydrogens is 228 g/mol. The Morgan fingerprint density at radius 2 is 2.06 bits per heavy atom. The first-order valence-electron chi connectivity index (χ1n) is 6.50. The molecule has 2 unspecified atom stereocenters. The van der Waals surface area contributed by atoms with Crippen molar-refractivity contribution in [1.82, 2.24) is 0 Å². The molecule has 18 heavy (non-hydrogen) atoms. The van der Waals surface area contributed by atoms with E-state index in [1.807, 2.05) is 18.2 Å². The van der Waals surface area contributed by atoms with Crippen LogP contribution in [0.3, 0.4) is 0 Å². The molecule has 0 saturated carbocycles. The van der Waals surface area contributed by atoms with E-state index in [0.29, 0.717) is 19.4 Å². The molecule has 2 atom stereocenters. The molecule has 1 saturated heterocycles. The standard InChI is InChI=1S/C15H20O3/c1-3-11-6-4-5-7-12(11)10-13(16)15(2)8-9-18-14(15)17/h4-7,13,16H,3,8-10H2,1-2H3. The van der Waals surface area contributed by atoms with Crippen LogP contribution in [0.25, 0.3) is 0 Å². The molecule has 1 N–H and O–H groups in total. The van der Waals surface area contributed by atoms with Crippen LogP contribution in [0.15, 0.2) is 24.3 Å². The summed E-state index contributed by atoms with van der Waals surface area (Å²) < 4.78 is 4.98. The average Bonchev–Trinajstić information content (AvgIpc) is 2.71.